The smallest absolute Gasteiger partial charge is 0.258 e. The summed E-state index contributed by atoms with van der Waals surface area (Å²) in [6.07, 6.45) is 0. The number of hydrogen-bond acceptors (Lipinski definition) is 3. The highest BCUT2D eigenvalue weighted by molar-refractivity contribution is 6.06. The Bertz CT molecular complexity index is 712. The predicted octanol–water partition coefficient (Wildman–Crippen LogP) is 2.43. The fraction of sp³-hybridized carbons (Fsp3) is 0.125. The normalized spacial score (nSPS) is 13.5. The molecule has 0 saturated carbocycles. The average molecular weight is 283 g/mol. The number of halogens is 1. The summed E-state index contributed by atoms with van der Waals surface area (Å²) in [6, 6.07) is 13.2. The minimum atomic E-state index is -0.534. The second-order valence-corrected chi connectivity index (χ2v) is 4.67. The average Bonchev–Trinajstić information content (AvgIpc) is 3.02. The maximum Gasteiger partial charge on any atom is 0.258 e. The van der Waals surface area contributed by atoms with Crippen LogP contribution in [0.5, 0.6) is 0 Å². The first-order chi connectivity index (χ1) is 10.2. The molecule has 0 unspecified atom stereocenters. The third kappa shape index (κ3) is 2.91. The second kappa shape index (κ2) is 5.75. The van der Waals surface area contributed by atoms with E-state index < -0.39 is 11.7 Å². The van der Waals surface area contributed by atoms with E-state index in [1.165, 1.54) is 12.1 Å². The maximum absolute atomic E-state index is 13.6. The van der Waals surface area contributed by atoms with E-state index in [1.54, 1.807) is 18.2 Å². The lowest BCUT2D eigenvalue weighted by Gasteiger charge is -2.08. The Kier molecular flexibility index (Phi) is 3.64. The van der Waals surface area contributed by atoms with Gasteiger partial charge in [0.15, 0.2) is 0 Å². The number of amides is 1. The van der Waals surface area contributed by atoms with Gasteiger partial charge in [0.25, 0.3) is 5.91 Å². The first-order valence-corrected chi connectivity index (χ1v) is 6.69. The molecule has 1 heterocycles. The Hall–Kier alpha value is -2.69. The van der Waals surface area contributed by atoms with Crippen molar-refractivity contribution in [3.8, 4) is 0 Å². The summed E-state index contributed by atoms with van der Waals surface area (Å²) in [6.45, 7) is 1.57. The molecule has 2 aromatic rings. The number of benzene rings is 2. The summed E-state index contributed by atoms with van der Waals surface area (Å²) in [5, 5.41) is 5.87. The van der Waals surface area contributed by atoms with Crippen LogP contribution in [0, 0.1) is 5.82 Å². The highest BCUT2D eigenvalue weighted by Gasteiger charge is 2.12. The minimum absolute atomic E-state index is 0.0271. The topological polar surface area (TPSA) is 53.5 Å². The molecular formula is C16H14FN3O. The molecule has 0 aromatic heterocycles. The van der Waals surface area contributed by atoms with Gasteiger partial charge in [0.2, 0.25) is 0 Å². The van der Waals surface area contributed by atoms with Gasteiger partial charge in [0.1, 0.15) is 11.7 Å². The lowest BCUT2D eigenvalue weighted by Crippen LogP contribution is -2.20. The second-order valence-electron chi connectivity index (χ2n) is 4.67. The Morgan fingerprint density at radius 1 is 1.19 bits per heavy atom. The molecule has 0 bridgehead atoms. The molecule has 0 radical (unpaired) electrons. The highest BCUT2D eigenvalue weighted by Crippen LogP contribution is 2.15. The van der Waals surface area contributed by atoms with E-state index in [1.807, 2.05) is 18.2 Å². The Labute approximate surface area is 121 Å². The highest BCUT2D eigenvalue weighted by atomic mass is 19.1. The van der Waals surface area contributed by atoms with Crippen molar-refractivity contribution in [3.05, 3.63) is 65.5 Å². The van der Waals surface area contributed by atoms with Crippen molar-refractivity contribution in [2.75, 3.05) is 18.4 Å². The van der Waals surface area contributed by atoms with Crippen LogP contribution >= 0.6 is 0 Å². The van der Waals surface area contributed by atoms with Gasteiger partial charge in [-0.2, -0.15) is 0 Å². The van der Waals surface area contributed by atoms with Crippen molar-refractivity contribution >= 4 is 17.4 Å². The summed E-state index contributed by atoms with van der Waals surface area (Å²) in [4.78, 5) is 16.4. The molecule has 5 heteroatoms. The number of carbonyl (C=O) groups is 1. The fourth-order valence-corrected chi connectivity index (χ4v) is 2.18. The number of carbonyl (C=O) groups excluding carboxylic acids is 1. The quantitative estimate of drug-likeness (QED) is 0.909. The molecule has 0 fully saturated rings. The first-order valence-electron chi connectivity index (χ1n) is 6.69. The van der Waals surface area contributed by atoms with E-state index in [0.29, 0.717) is 5.69 Å². The van der Waals surface area contributed by atoms with Gasteiger partial charge in [0.05, 0.1) is 12.1 Å². The number of amidine groups is 1. The largest absolute Gasteiger partial charge is 0.368 e. The van der Waals surface area contributed by atoms with Crippen LogP contribution in [0.15, 0.2) is 53.5 Å². The van der Waals surface area contributed by atoms with Crippen LogP contribution in [0.1, 0.15) is 15.9 Å². The zero-order valence-corrected chi connectivity index (χ0v) is 11.3. The van der Waals surface area contributed by atoms with Crippen molar-refractivity contribution < 1.29 is 9.18 Å². The van der Waals surface area contributed by atoms with Crippen molar-refractivity contribution in [1.82, 2.24) is 5.32 Å². The molecule has 4 nitrogen and oxygen atoms in total. The number of nitrogens with zero attached hydrogens (tertiary/aromatic N) is 1. The zero-order chi connectivity index (χ0) is 14.7. The van der Waals surface area contributed by atoms with Crippen LogP contribution in [0.25, 0.3) is 0 Å². The Morgan fingerprint density at radius 3 is 2.81 bits per heavy atom. The molecule has 0 aliphatic carbocycles. The molecule has 0 spiro atoms. The van der Waals surface area contributed by atoms with Gasteiger partial charge < -0.3 is 10.6 Å². The molecule has 0 saturated heterocycles. The molecule has 1 aliphatic heterocycles. The van der Waals surface area contributed by atoms with Crippen molar-refractivity contribution in [3.63, 3.8) is 0 Å². The van der Waals surface area contributed by atoms with E-state index in [0.717, 1.165) is 24.5 Å². The van der Waals surface area contributed by atoms with Gasteiger partial charge >= 0.3 is 0 Å². The fourth-order valence-electron chi connectivity index (χ4n) is 2.18. The Balaban J connectivity index is 1.80. The first kappa shape index (κ1) is 13.3. The van der Waals surface area contributed by atoms with Gasteiger partial charge in [-0.15, -0.1) is 0 Å². The molecule has 2 aromatic carbocycles. The van der Waals surface area contributed by atoms with E-state index in [-0.39, 0.29) is 5.56 Å². The van der Waals surface area contributed by atoms with Gasteiger partial charge in [-0.25, -0.2) is 4.39 Å². The molecule has 106 valence electrons. The third-order valence-electron chi connectivity index (χ3n) is 3.19. The van der Waals surface area contributed by atoms with E-state index >= 15 is 0 Å². The molecule has 21 heavy (non-hydrogen) atoms. The van der Waals surface area contributed by atoms with Gasteiger partial charge in [0, 0.05) is 17.8 Å². The zero-order valence-electron chi connectivity index (χ0n) is 11.3. The maximum atomic E-state index is 13.6. The van der Waals surface area contributed by atoms with Gasteiger partial charge in [-0.05, 0) is 24.3 Å². The molecule has 2 N–H and O–H groups in total. The van der Waals surface area contributed by atoms with Crippen LogP contribution in [0.4, 0.5) is 10.1 Å². The number of aliphatic imine (C=N–C) groups is 1. The number of nitrogens with one attached hydrogen (secondary N) is 2. The standard InChI is InChI=1S/C16H14FN3O/c17-14-7-2-1-6-13(14)16(21)20-12-5-3-4-11(10-12)15-18-8-9-19-15/h1-7,10H,8-9H2,(H,18,19)(H,20,21). The molecule has 1 aliphatic rings. The third-order valence-corrected chi connectivity index (χ3v) is 3.19. The van der Waals surface area contributed by atoms with Crippen LogP contribution in [-0.4, -0.2) is 24.8 Å². The van der Waals surface area contributed by atoms with Crippen LogP contribution in [0.3, 0.4) is 0 Å². The molecule has 1 amide bonds. The monoisotopic (exact) mass is 283 g/mol. The summed E-state index contributed by atoms with van der Waals surface area (Å²) in [7, 11) is 0. The molecule has 3 rings (SSSR count). The van der Waals surface area contributed by atoms with Crippen molar-refractivity contribution in [2.45, 2.75) is 0 Å². The predicted molar refractivity (Wildman–Crippen MR) is 80.2 cm³/mol. The van der Waals surface area contributed by atoms with E-state index in [9.17, 15) is 9.18 Å². The Morgan fingerprint density at radius 2 is 2.05 bits per heavy atom. The summed E-state index contributed by atoms with van der Waals surface area (Å²) >= 11 is 0. The lowest BCUT2D eigenvalue weighted by atomic mass is 10.1. The summed E-state index contributed by atoms with van der Waals surface area (Å²) in [5.41, 5.74) is 1.54. The number of rotatable bonds is 3. The molecular weight excluding hydrogens is 269 g/mol. The van der Waals surface area contributed by atoms with Crippen LogP contribution in [0.2, 0.25) is 0 Å². The van der Waals surface area contributed by atoms with Crippen molar-refractivity contribution in [2.24, 2.45) is 4.99 Å². The summed E-state index contributed by atoms with van der Waals surface area (Å²) in [5.74, 6) is -0.184. The minimum Gasteiger partial charge on any atom is -0.368 e. The van der Waals surface area contributed by atoms with Crippen LogP contribution < -0.4 is 10.6 Å². The van der Waals surface area contributed by atoms with Gasteiger partial charge in [-0.3, -0.25) is 9.79 Å². The van der Waals surface area contributed by atoms with Crippen LogP contribution in [-0.2, 0) is 0 Å². The number of hydrogen-bond donors (Lipinski definition) is 2. The van der Waals surface area contributed by atoms with Crippen molar-refractivity contribution in [1.29, 1.82) is 0 Å². The summed E-state index contributed by atoms with van der Waals surface area (Å²) < 4.78 is 13.6. The van der Waals surface area contributed by atoms with E-state index in [2.05, 4.69) is 15.6 Å². The SMILES string of the molecule is O=C(Nc1cccc(C2=NCCN2)c1)c1ccccc1F. The van der Waals surface area contributed by atoms with Gasteiger partial charge in [-0.1, -0.05) is 24.3 Å². The lowest BCUT2D eigenvalue weighted by molar-refractivity contribution is 0.102. The number of anilines is 1. The molecule has 0 atom stereocenters. The van der Waals surface area contributed by atoms with E-state index in [4.69, 9.17) is 0 Å².